The van der Waals surface area contributed by atoms with Crippen LogP contribution in [0.25, 0.3) is 0 Å². The lowest BCUT2D eigenvalue weighted by atomic mass is 10.1. The molecule has 1 aromatic carbocycles. The first kappa shape index (κ1) is 22.1. The van der Waals surface area contributed by atoms with Crippen molar-refractivity contribution >= 4 is 28.3 Å². The summed E-state index contributed by atoms with van der Waals surface area (Å²) in [5.41, 5.74) is 2.75. The molecule has 28 heavy (non-hydrogen) atoms. The first-order valence-corrected chi connectivity index (χ1v) is 11.0. The van der Waals surface area contributed by atoms with E-state index in [-0.39, 0.29) is 18.4 Å². The molecule has 0 aliphatic carbocycles. The van der Waals surface area contributed by atoms with E-state index in [1.54, 1.807) is 4.90 Å². The number of nitrogens with zero attached hydrogens (tertiary/aromatic N) is 2. The van der Waals surface area contributed by atoms with Gasteiger partial charge in [0, 0.05) is 17.5 Å². The Morgan fingerprint density at radius 1 is 1.07 bits per heavy atom. The van der Waals surface area contributed by atoms with Crippen molar-refractivity contribution in [3.05, 3.63) is 46.5 Å². The SMILES string of the molecule is CCCCCN(CC(=O)Nc1nc(C)cs1)C(=O)c1ccc(CCCC)cc1. The van der Waals surface area contributed by atoms with Crippen LogP contribution in [-0.2, 0) is 11.2 Å². The highest BCUT2D eigenvalue weighted by molar-refractivity contribution is 7.13. The van der Waals surface area contributed by atoms with E-state index >= 15 is 0 Å². The molecule has 0 spiro atoms. The number of carbonyl (C=O) groups is 2. The largest absolute Gasteiger partial charge is 0.329 e. The number of benzene rings is 1. The number of unbranched alkanes of at least 4 members (excludes halogenated alkanes) is 3. The quantitative estimate of drug-likeness (QED) is 0.535. The van der Waals surface area contributed by atoms with Gasteiger partial charge in [0.25, 0.3) is 5.91 Å². The zero-order chi connectivity index (χ0) is 20.4. The third kappa shape index (κ3) is 7.08. The maximum Gasteiger partial charge on any atom is 0.254 e. The van der Waals surface area contributed by atoms with Crippen LogP contribution in [0.5, 0.6) is 0 Å². The van der Waals surface area contributed by atoms with Crippen LogP contribution in [0.2, 0.25) is 0 Å². The van der Waals surface area contributed by atoms with Crippen LogP contribution in [0.4, 0.5) is 5.13 Å². The molecule has 1 N–H and O–H groups in total. The van der Waals surface area contributed by atoms with Crippen LogP contribution < -0.4 is 5.32 Å². The number of amides is 2. The Hall–Kier alpha value is -2.21. The fourth-order valence-corrected chi connectivity index (χ4v) is 3.63. The highest BCUT2D eigenvalue weighted by Gasteiger charge is 2.19. The Balaban J connectivity index is 2.03. The number of nitrogens with one attached hydrogen (secondary N) is 1. The molecule has 2 amide bonds. The van der Waals surface area contributed by atoms with Gasteiger partial charge in [-0.2, -0.15) is 0 Å². The van der Waals surface area contributed by atoms with Gasteiger partial charge in [0.2, 0.25) is 5.91 Å². The minimum Gasteiger partial charge on any atom is -0.329 e. The van der Waals surface area contributed by atoms with Gasteiger partial charge in [0.15, 0.2) is 5.13 Å². The molecule has 0 bridgehead atoms. The van der Waals surface area contributed by atoms with Crippen molar-refractivity contribution in [2.75, 3.05) is 18.4 Å². The number of hydrogen-bond acceptors (Lipinski definition) is 4. The Bertz CT molecular complexity index is 755. The molecular formula is C22H31N3O2S. The summed E-state index contributed by atoms with van der Waals surface area (Å²) < 4.78 is 0. The van der Waals surface area contributed by atoms with Crippen LogP contribution in [0.1, 0.15) is 67.6 Å². The molecule has 0 fully saturated rings. The van der Waals surface area contributed by atoms with Gasteiger partial charge < -0.3 is 10.2 Å². The number of aromatic nitrogens is 1. The molecule has 5 nitrogen and oxygen atoms in total. The lowest BCUT2D eigenvalue weighted by Gasteiger charge is -2.22. The fraction of sp³-hybridized carbons (Fsp3) is 0.500. The third-order valence-corrected chi connectivity index (χ3v) is 5.41. The Morgan fingerprint density at radius 3 is 2.39 bits per heavy atom. The van der Waals surface area contributed by atoms with Gasteiger partial charge in [0.05, 0.1) is 5.69 Å². The second-order valence-electron chi connectivity index (χ2n) is 7.08. The van der Waals surface area contributed by atoms with E-state index in [0.717, 1.165) is 44.2 Å². The van der Waals surface area contributed by atoms with E-state index < -0.39 is 0 Å². The predicted octanol–water partition coefficient (Wildman–Crippen LogP) is 5.07. The Kier molecular flexibility index (Phi) is 9.14. The van der Waals surface area contributed by atoms with Crippen LogP contribution in [0.3, 0.4) is 0 Å². The molecule has 2 aromatic rings. The van der Waals surface area contributed by atoms with E-state index in [1.807, 2.05) is 36.6 Å². The molecule has 0 unspecified atom stereocenters. The van der Waals surface area contributed by atoms with E-state index in [1.165, 1.54) is 16.9 Å². The highest BCUT2D eigenvalue weighted by atomic mass is 32.1. The van der Waals surface area contributed by atoms with Gasteiger partial charge in [-0.1, -0.05) is 45.2 Å². The van der Waals surface area contributed by atoms with Gasteiger partial charge >= 0.3 is 0 Å². The minimum atomic E-state index is -0.209. The van der Waals surface area contributed by atoms with Crippen molar-refractivity contribution < 1.29 is 9.59 Å². The smallest absolute Gasteiger partial charge is 0.254 e. The second-order valence-corrected chi connectivity index (χ2v) is 7.93. The molecule has 2 rings (SSSR count). The number of hydrogen-bond donors (Lipinski definition) is 1. The van der Waals surface area contributed by atoms with Crippen LogP contribution >= 0.6 is 11.3 Å². The van der Waals surface area contributed by atoms with Crippen molar-refractivity contribution in [3.63, 3.8) is 0 Å². The summed E-state index contributed by atoms with van der Waals surface area (Å²) in [6.45, 7) is 6.80. The zero-order valence-electron chi connectivity index (χ0n) is 17.2. The Labute approximate surface area is 172 Å². The van der Waals surface area contributed by atoms with Crippen LogP contribution in [0, 0.1) is 6.92 Å². The number of rotatable bonds is 11. The number of carbonyl (C=O) groups excluding carboxylic acids is 2. The number of thiazole rings is 1. The first-order valence-electron chi connectivity index (χ1n) is 10.1. The average Bonchev–Trinajstić information content (AvgIpc) is 3.10. The zero-order valence-corrected chi connectivity index (χ0v) is 18.0. The summed E-state index contributed by atoms with van der Waals surface area (Å²) in [5.74, 6) is -0.303. The van der Waals surface area contributed by atoms with Gasteiger partial charge in [-0.25, -0.2) is 4.98 Å². The molecule has 6 heteroatoms. The molecular weight excluding hydrogens is 370 g/mol. The third-order valence-electron chi connectivity index (χ3n) is 4.54. The Morgan fingerprint density at radius 2 is 1.79 bits per heavy atom. The van der Waals surface area contributed by atoms with Gasteiger partial charge in [-0.3, -0.25) is 9.59 Å². The van der Waals surface area contributed by atoms with Gasteiger partial charge in [-0.15, -0.1) is 11.3 Å². The molecule has 1 heterocycles. The fourth-order valence-electron chi connectivity index (χ4n) is 2.93. The average molecular weight is 402 g/mol. The van der Waals surface area contributed by atoms with E-state index in [4.69, 9.17) is 0 Å². The van der Waals surface area contributed by atoms with Crippen molar-refractivity contribution in [3.8, 4) is 0 Å². The van der Waals surface area contributed by atoms with Crippen molar-refractivity contribution in [2.45, 2.75) is 59.3 Å². The number of anilines is 1. The van der Waals surface area contributed by atoms with Gasteiger partial charge in [-0.05, 0) is 43.9 Å². The summed E-state index contributed by atoms with van der Waals surface area (Å²) in [5, 5.41) is 5.26. The first-order chi connectivity index (χ1) is 13.5. The van der Waals surface area contributed by atoms with Crippen LogP contribution in [-0.4, -0.2) is 34.8 Å². The van der Waals surface area contributed by atoms with E-state index in [2.05, 4.69) is 24.1 Å². The standard InChI is InChI=1S/C22H31N3O2S/c1-4-6-8-14-25(15-20(26)24-22-23-17(3)16-28-22)21(27)19-12-10-18(11-13-19)9-7-5-2/h10-13,16H,4-9,14-15H2,1-3H3,(H,23,24,26). The van der Waals surface area contributed by atoms with E-state index in [9.17, 15) is 9.59 Å². The summed E-state index contributed by atoms with van der Waals surface area (Å²) in [4.78, 5) is 31.3. The normalized spacial score (nSPS) is 10.7. The molecule has 0 saturated heterocycles. The maximum absolute atomic E-state index is 13.0. The van der Waals surface area contributed by atoms with E-state index in [0.29, 0.717) is 17.2 Å². The summed E-state index contributed by atoms with van der Waals surface area (Å²) in [6.07, 6.45) is 6.32. The molecule has 0 atom stereocenters. The lowest BCUT2D eigenvalue weighted by molar-refractivity contribution is -0.116. The topological polar surface area (TPSA) is 62.3 Å². The second kappa shape index (κ2) is 11.6. The maximum atomic E-state index is 13.0. The minimum absolute atomic E-state index is 0.0404. The molecule has 0 aliphatic rings. The molecule has 0 radical (unpaired) electrons. The molecule has 0 aliphatic heterocycles. The van der Waals surface area contributed by atoms with Gasteiger partial charge in [0.1, 0.15) is 6.54 Å². The van der Waals surface area contributed by atoms with Crippen LogP contribution in [0.15, 0.2) is 29.6 Å². The molecule has 152 valence electrons. The summed E-state index contributed by atoms with van der Waals surface area (Å²) in [6, 6.07) is 7.79. The lowest BCUT2D eigenvalue weighted by Crippen LogP contribution is -2.38. The molecule has 0 saturated carbocycles. The van der Waals surface area contributed by atoms with Crippen molar-refractivity contribution in [1.29, 1.82) is 0 Å². The number of aryl methyl sites for hydroxylation is 2. The highest BCUT2D eigenvalue weighted by Crippen LogP contribution is 2.15. The summed E-state index contributed by atoms with van der Waals surface area (Å²) >= 11 is 1.39. The molecule has 1 aromatic heterocycles. The monoisotopic (exact) mass is 401 g/mol. The summed E-state index contributed by atoms with van der Waals surface area (Å²) in [7, 11) is 0. The van der Waals surface area contributed by atoms with Crippen molar-refractivity contribution in [2.24, 2.45) is 0 Å². The predicted molar refractivity (Wildman–Crippen MR) is 116 cm³/mol. The van der Waals surface area contributed by atoms with Crippen molar-refractivity contribution in [1.82, 2.24) is 9.88 Å².